The Morgan fingerprint density at radius 2 is 1.04 bits per heavy atom. The van der Waals surface area contributed by atoms with E-state index in [9.17, 15) is 0 Å². The topological polar surface area (TPSA) is 70.5 Å². The average Bonchev–Trinajstić information content (AvgIpc) is 2.46. The van der Waals surface area contributed by atoms with Gasteiger partial charge < -0.3 is 20.9 Å². The van der Waals surface area contributed by atoms with Crippen LogP contribution in [0.5, 0.6) is 23.0 Å². The second-order valence-corrected chi connectivity index (χ2v) is 5.41. The molecule has 0 saturated heterocycles. The zero-order valence-electron chi connectivity index (χ0n) is 13.0. The van der Waals surface area contributed by atoms with Crippen LogP contribution >= 0.6 is 36.4 Å². The monoisotopic (exact) mass is 398 g/mol. The molecule has 3 aromatic carbocycles. The van der Waals surface area contributed by atoms with Crippen LogP contribution in [0.15, 0.2) is 66.7 Å². The van der Waals surface area contributed by atoms with Crippen molar-refractivity contribution in [2.75, 3.05) is 11.5 Å². The van der Waals surface area contributed by atoms with E-state index in [4.69, 9.17) is 32.5 Å². The highest BCUT2D eigenvalue weighted by Gasteiger charge is 2.05. The van der Waals surface area contributed by atoms with Gasteiger partial charge in [0.2, 0.25) is 0 Å². The zero-order chi connectivity index (χ0) is 16.2. The maximum Gasteiger partial charge on any atom is 0.132 e. The Morgan fingerprint density at radius 1 is 0.600 bits per heavy atom. The summed E-state index contributed by atoms with van der Waals surface area (Å²) < 4.78 is 11.5. The van der Waals surface area contributed by atoms with Gasteiger partial charge in [0, 0.05) is 34.6 Å². The van der Waals surface area contributed by atoms with Crippen molar-refractivity contribution in [1.82, 2.24) is 0 Å². The van der Waals surface area contributed by atoms with E-state index in [1.165, 1.54) is 0 Å². The molecule has 0 aromatic heterocycles. The summed E-state index contributed by atoms with van der Waals surface area (Å²) in [4.78, 5) is 0. The molecule has 0 spiro atoms. The zero-order valence-corrected chi connectivity index (χ0v) is 15.4. The number of nitrogen functional groups attached to an aromatic ring is 2. The van der Waals surface area contributed by atoms with E-state index >= 15 is 0 Å². The molecular weight excluding hydrogens is 383 g/mol. The highest BCUT2D eigenvalue weighted by molar-refractivity contribution is 6.30. The van der Waals surface area contributed by atoms with Gasteiger partial charge in [-0.05, 0) is 36.4 Å². The number of hydrogen-bond acceptors (Lipinski definition) is 4. The minimum atomic E-state index is 0. The molecule has 0 unspecified atom stereocenters. The number of nitrogens with two attached hydrogens (primary N) is 2. The van der Waals surface area contributed by atoms with Crippen LogP contribution in [-0.4, -0.2) is 0 Å². The number of halogens is 3. The van der Waals surface area contributed by atoms with Gasteiger partial charge >= 0.3 is 0 Å². The number of hydrogen-bond donors (Lipinski definition) is 2. The molecule has 25 heavy (non-hydrogen) atoms. The van der Waals surface area contributed by atoms with Gasteiger partial charge in [0.25, 0.3) is 0 Å². The van der Waals surface area contributed by atoms with Crippen LogP contribution in [0.2, 0.25) is 5.02 Å². The van der Waals surface area contributed by atoms with Gasteiger partial charge in [-0.15, -0.1) is 24.8 Å². The van der Waals surface area contributed by atoms with E-state index in [-0.39, 0.29) is 24.8 Å². The fourth-order valence-electron chi connectivity index (χ4n) is 2.08. The van der Waals surface area contributed by atoms with E-state index in [1.807, 2.05) is 24.3 Å². The van der Waals surface area contributed by atoms with Crippen molar-refractivity contribution in [2.45, 2.75) is 0 Å². The van der Waals surface area contributed by atoms with Gasteiger partial charge in [0.15, 0.2) is 0 Å². The first-order valence-electron chi connectivity index (χ1n) is 6.96. The first-order valence-corrected chi connectivity index (χ1v) is 7.34. The van der Waals surface area contributed by atoms with Gasteiger partial charge in [-0.2, -0.15) is 0 Å². The van der Waals surface area contributed by atoms with Gasteiger partial charge in [-0.1, -0.05) is 23.7 Å². The van der Waals surface area contributed by atoms with Gasteiger partial charge in [-0.25, -0.2) is 0 Å². The van der Waals surface area contributed by atoms with Crippen molar-refractivity contribution in [2.24, 2.45) is 0 Å². The van der Waals surface area contributed by atoms with E-state index < -0.39 is 0 Å². The second kappa shape index (κ2) is 9.28. The molecule has 4 nitrogen and oxygen atoms in total. The van der Waals surface area contributed by atoms with Crippen molar-refractivity contribution >= 4 is 47.8 Å². The Balaban J connectivity index is 0.00000156. The van der Waals surface area contributed by atoms with Crippen molar-refractivity contribution in [1.29, 1.82) is 0 Å². The largest absolute Gasteiger partial charge is 0.457 e. The van der Waals surface area contributed by atoms with E-state index in [2.05, 4.69) is 0 Å². The lowest BCUT2D eigenvalue weighted by molar-refractivity contribution is 0.461. The fraction of sp³-hybridized carbons (Fsp3) is 0. The first-order chi connectivity index (χ1) is 11.1. The third kappa shape index (κ3) is 5.94. The summed E-state index contributed by atoms with van der Waals surface area (Å²) >= 11 is 6.14. The Morgan fingerprint density at radius 3 is 1.44 bits per heavy atom. The number of rotatable bonds is 4. The predicted octanol–water partition coefficient (Wildman–Crippen LogP) is 5.93. The van der Waals surface area contributed by atoms with E-state index in [0.29, 0.717) is 39.4 Å². The van der Waals surface area contributed by atoms with Crippen LogP contribution in [0.25, 0.3) is 0 Å². The minimum absolute atomic E-state index is 0. The summed E-state index contributed by atoms with van der Waals surface area (Å²) in [6.07, 6.45) is 0. The summed E-state index contributed by atoms with van der Waals surface area (Å²) in [5.41, 5.74) is 12.7. The summed E-state index contributed by atoms with van der Waals surface area (Å²) in [7, 11) is 0. The lowest BCUT2D eigenvalue weighted by Crippen LogP contribution is -1.90. The molecule has 0 bridgehead atoms. The average molecular weight is 400 g/mol. The summed E-state index contributed by atoms with van der Waals surface area (Å²) in [6, 6.07) is 19.5. The van der Waals surface area contributed by atoms with Gasteiger partial charge in [0.1, 0.15) is 23.0 Å². The third-order valence-corrected chi connectivity index (χ3v) is 3.25. The third-order valence-electron chi connectivity index (χ3n) is 3.03. The van der Waals surface area contributed by atoms with Crippen molar-refractivity contribution in [3.05, 3.63) is 71.8 Å². The maximum absolute atomic E-state index is 6.14. The predicted molar refractivity (Wildman–Crippen MR) is 108 cm³/mol. The molecule has 0 heterocycles. The summed E-state index contributed by atoms with van der Waals surface area (Å²) in [5, 5.41) is 0.505. The quantitative estimate of drug-likeness (QED) is 0.533. The normalized spacial score (nSPS) is 9.48. The highest BCUT2D eigenvalue weighted by atomic mass is 35.5. The molecule has 132 valence electrons. The molecule has 0 amide bonds. The smallest absolute Gasteiger partial charge is 0.132 e. The van der Waals surface area contributed by atoms with Gasteiger partial charge in [-0.3, -0.25) is 0 Å². The van der Waals surface area contributed by atoms with Crippen LogP contribution in [-0.2, 0) is 0 Å². The first kappa shape index (κ1) is 20.8. The minimum Gasteiger partial charge on any atom is -0.457 e. The summed E-state index contributed by atoms with van der Waals surface area (Å²) in [5.74, 6) is 2.37. The highest BCUT2D eigenvalue weighted by Crippen LogP contribution is 2.32. The standard InChI is InChI=1S/C18H15ClN2O2.2ClH/c19-12-7-17(22-15-5-1-3-13(20)9-15)11-18(8-12)23-16-6-2-4-14(21)10-16;;/h1-11H,20-21H2;2*1H. The molecule has 3 rings (SSSR count). The molecule has 3 aromatic rings. The Labute approximate surface area is 163 Å². The lowest BCUT2D eigenvalue weighted by Gasteiger charge is -2.11. The molecule has 0 aliphatic rings. The number of anilines is 2. The number of benzene rings is 3. The molecule has 0 fully saturated rings. The fourth-order valence-corrected chi connectivity index (χ4v) is 2.30. The lowest BCUT2D eigenvalue weighted by atomic mass is 10.3. The Hall–Kier alpha value is -2.27. The van der Waals surface area contributed by atoms with E-state index in [0.717, 1.165) is 0 Å². The molecule has 0 radical (unpaired) electrons. The van der Waals surface area contributed by atoms with E-state index in [1.54, 1.807) is 42.5 Å². The molecule has 0 aliphatic carbocycles. The number of ether oxygens (including phenoxy) is 2. The van der Waals surface area contributed by atoms with Crippen LogP contribution in [0.4, 0.5) is 11.4 Å². The Kier molecular flexibility index (Phi) is 7.71. The van der Waals surface area contributed by atoms with Gasteiger partial charge in [0.05, 0.1) is 0 Å². The second-order valence-electron chi connectivity index (χ2n) is 4.97. The molecule has 0 atom stereocenters. The maximum atomic E-state index is 6.14. The molecule has 7 heteroatoms. The molecule has 0 saturated carbocycles. The molecular formula is C18H17Cl3N2O2. The van der Waals surface area contributed by atoms with Crippen molar-refractivity contribution in [3.63, 3.8) is 0 Å². The molecule has 4 N–H and O–H groups in total. The summed E-state index contributed by atoms with van der Waals surface area (Å²) in [6.45, 7) is 0. The Bertz CT molecular complexity index is 778. The molecule has 0 aliphatic heterocycles. The van der Waals surface area contributed by atoms with Crippen molar-refractivity contribution in [3.8, 4) is 23.0 Å². The van der Waals surface area contributed by atoms with Crippen LogP contribution in [0, 0.1) is 0 Å². The van der Waals surface area contributed by atoms with Crippen LogP contribution in [0.1, 0.15) is 0 Å². The van der Waals surface area contributed by atoms with Crippen LogP contribution < -0.4 is 20.9 Å². The SMILES string of the molecule is Cl.Cl.Nc1cccc(Oc2cc(Cl)cc(Oc3cccc(N)c3)c2)c1. The van der Waals surface area contributed by atoms with Crippen LogP contribution in [0.3, 0.4) is 0 Å². The van der Waals surface area contributed by atoms with Crippen molar-refractivity contribution < 1.29 is 9.47 Å².